The second kappa shape index (κ2) is 5.86. The normalized spacial score (nSPS) is 17.7. The van der Waals surface area contributed by atoms with E-state index in [1.165, 1.54) is 6.07 Å². The lowest BCUT2D eigenvalue weighted by molar-refractivity contribution is 0.554. The zero-order valence-electron chi connectivity index (χ0n) is 11.7. The summed E-state index contributed by atoms with van der Waals surface area (Å²) in [5, 5.41) is 1.34. The fourth-order valence-corrected chi connectivity index (χ4v) is 3.40. The van der Waals surface area contributed by atoms with Gasteiger partial charge in [-0.2, -0.15) is 0 Å². The van der Waals surface area contributed by atoms with Crippen LogP contribution in [0.3, 0.4) is 0 Å². The molecular formula is C17H16Cl2FN. The molecule has 4 heteroatoms. The maximum atomic E-state index is 13.4. The van der Waals surface area contributed by atoms with Crippen molar-refractivity contribution in [3.8, 4) is 0 Å². The molecule has 0 radical (unpaired) electrons. The van der Waals surface area contributed by atoms with Crippen LogP contribution in [0.4, 0.5) is 10.1 Å². The Morgan fingerprint density at radius 2 is 1.90 bits per heavy atom. The molecule has 21 heavy (non-hydrogen) atoms. The summed E-state index contributed by atoms with van der Waals surface area (Å²) in [4.78, 5) is 2.26. The quantitative estimate of drug-likeness (QED) is 0.707. The average molecular weight is 324 g/mol. The lowest BCUT2D eigenvalue weighted by atomic mass is 9.96. The van der Waals surface area contributed by atoms with Crippen molar-refractivity contribution in [2.24, 2.45) is 0 Å². The second-order valence-electron chi connectivity index (χ2n) is 5.49. The molecule has 1 nitrogen and oxygen atoms in total. The van der Waals surface area contributed by atoms with Gasteiger partial charge in [0.15, 0.2) is 0 Å². The van der Waals surface area contributed by atoms with Crippen molar-refractivity contribution in [3.05, 3.63) is 63.4 Å². The van der Waals surface area contributed by atoms with E-state index in [9.17, 15) is 4.39 Å². The van der Waals surface area contributed by atoms with Gasteiger partial charge in [-0.1, -0.05) is 29.3 Å². The summed E-state index contributed by atoms with van der Waals surface area (Å²) in [5.74, 6) is -0.181. The molecule has 3 rings (SSSR count). The van der Waals surface area contributed by atoms with Crippen molar-refractivity contribution in [2.75, 3.05) is 4.90 Å². The van der Waals surface area contributed by atoms with Crippen molar-refractivity contribution in [1.82, 2.24) is 0 Å². The Hall–Kier alpha value is -1.25. The number of rotatable bonds is 2. The van der Waals surface area contributed by atoms with Crippen LogP contribution in [0.5, 0.6) is 0 Å². The molecule has 0 spiro atoms. The van der Waals surface area contributed by atoms with Crippen LogP contribution in [-0.2, 0) is 13.0 Å². The van der Waals surface area contributed by atoms with E-state index in [1.807, 2.05) is 24.3 Å². The molecule has 0 saturated heterocycles. The van der Waals surface area contributed by atoms with Gasteiger partial charge in [-0.15, -0.1) is 0 Å². The molecule has 0 saturated carbocycles. The van der Waals surface area contributed by atoms with E-state index in [-0.39, 0.29) is 5.82 Å². The van der Waals surface area contributed by atoms with Gasteiger partial charge in [-0.3, -0.25) is 0 Å². The number of anilines is 1. The summed E-state index contributed by atoms with van der Waals surface area (Å²) in [7, 11) is 0. The predicted octanol–water partition coefficient (Wildman–Crippen LogP) is 5.47. The molecule has 1 unspecified atom stereocenters. The smallest absolute Gasteiger partial charge is 0.123 e. The first-order valence-corrected chi connectivity index (χ1v) is 7.80. The first-order valence-electron chi connectivity index (χ1n) is 7.04. The molecule has 2 aromatic carbocycles. The summed E-state index contributed by atoms with van der Waals surface area (Å²) < 4.78 is 13.4. The van der Waals surface area contributed by atoms with E-state index in [2.05, 4.69) is 11.8 Å². The molecule has 1 atom stereocenters. The van der Waals surface area contributed by atoms with Gasteiger partial charge in [0.2, 0.25) is 0 Å². The van der Waals surface area contributed by atoms with Gasteiger partial charge in [0.25, 0.3) is 0 Å². The lowest BCUT2D eigenvalue weighted by Crippen LogP contribution is -2.37. The van der Waals surface area contributed by atoms with Gasteiger partial charge in [-0.25, -0.2) is 4.39 Å². The molecule has 0 aromatic heterocycles. The second-order valence-corrected chi connectivity index (χ2v) is 6.30. The van der Waals surface area contributed by atoms with Crippen molar-refractivity contribution >= 4 is 28.9 Å². The number of fused-ring (bicyclic) bond motifs is 1. The van der Waals surface area contributed by atoms with Crippen LogP contribution < -0.4 is 4.90 Å². The fourth-order valence-electron chi connectivity index (χ4n) is 2.89. The summed E-state index contributed by atoms with van der Waals surface area (Å²) >= 11 is 12.6. The molecule has 1 aliphatic rings. The predicted molar refractivity (Wildman–Crippen MR) is 86.8 cm³/mol. The zero-order valence-corrected chi connectivity index (χ0v) is 13.3. The van der Waals surface area contributed by atoms with E-state index in [0.717, 1.165) is 29.7 Å². The Bertz CT molecular complexity index is 652. The number of benzene rings is 2. The van der Waals surface area contributed by atoms with Crippen LogP contribution in [0.25, 0.3) is 0 Å². The van der Waals surface area contributed by atoms with Crippen LogP contribution >= 0.6 is 23.2 Å². The zero-order chi connectivity index (χ0) is 15.0. The van der Waals surface area contributed by atoms with Gasteiger partial charge < -0.3 is 4.90 Å². The largest absolute Gasteiger partial charge is 0.364 e. The van der Waals surface area contributed by atoms with Gasteiger partial charge in [0.1, 0.15) is 5.82 Å². The van der Waals surface area contributed by atoms with Gasteiger partial charge in [0.05, 0.1) is 0 Å². The minimum absolute atomic E-state index is 0.181. The Morgan fingerprint density at radius 1 is 1.19 bits per heavy atom. The minimum Gasteiger partial charge on any atom is -0.364 e. The number of halogens is 3. The highest BCUT2D eigenvalue weighted by atomic mass is 35.5. The standard InChI is InChI=1S/C17H16Cl2FN/c1-11-5-6-12-9-13(20)7-8-17(12)21(11)10-14-15(18)3-2-4-16(14)19/h2-4,7-9,11H,5-6,10H2,1H3. The third-order valence-electron chi connectivity index (χ3n) is 4.10. The highest BCUT2D eigenvalue weighted by Crippen LogP contribution is 2.35. The Balaban J connectivity index is 1.99. The Kier molecular flexibility index (Phi) is 4.10. The number of nitrogens with zero attached hydrogens (tertiary/aromatic N) is 1. The van der Waals surface area contributed by atoms with Crippen LogP contribution in [0, 0.1) is 5.82 Å². The number of aryl methyl sites for hydroxylation is 1. The van der Waals surface area contributed by atoms with Crippen LogP contribution in [0.15, 0.2) is 36.4 Å². The highest BCUT2D eigenvalue weighted by Gasteiger charge is 2.24. The molecule has 1 heterocycles. The SMILES string of the molecule is CC1CCc2cc(F)ccc2N1Cc1c(Cl)cccc1Cl. The van der Waals surface area contributed by atoms with Crippen LogP contribution in [0.1, 0.15) is 24.5 Å². The van der Waals surface area contributed by atoms with E-state index in [0.29, 0.717) is 22.6 Å². The number of hydrogen-bond acceptors (Lipinski definition) is 1. The van der Waals surface area contributed by atoms with E-state index >= 15 is 0 Å². The lowest BCUT2D eigenvalue weighted by Gasteiger charge is -2.37. The van der Waals surface area contributed by atoms with Crippen molar-refractivity contribution in [2.45, 2.75) is 32.4 Å². The molecule has 0 N–H and O–H groups in total. The van der Waals surface area contributed by atoms with Gasteiger partial charge in [-0.05, 0) is 55.7 Å². The molecular weight excluding hydrogens is 308 g/mol. The van der Waals surface area contributed by atoms with Gasteiger partial charge >= 0.3 is 0 Å². The topological polar surface area (TPSA) is 3.24 Å². The summed E-state index contributed by atoms with van der Waals surface area (Å²) in [6.45, 7) is 2.81. The Morgan fingerprint density at radius 3 is 2.62 bits per heavy atom. The molecule has 0 aliphatic carbocycles. The Labute approximate surface area is 134 Å². The number of hydrogen-bond donors (Lipinski definition) is 0. The summed E-state index contributed by atoms with van der Waals surface area (Å²) in [6, 6.07) is 10.9. The van der Waals surface area contributed by atoms with E-state index in [4.69, 9.17) is 23.2 Å². The third kappa shape index (κ3) is 2.88. The molecule has 1 aliphatic heterocycles. The van der Waals surface area contributed by atoms with Crippen LogP contribution in [-0.4, -0.2) is 6.04 Å². The molecule has 2 aromatic rings. The molecule has 0 fully saturated rings. The first-order chi connectivity index (χ1) is 10.1. The van der Waals surface area contributed by atoms with E-state index < -0.39 is 0 Å². The summed E-state index contributed by atoms with van der Waals surface area (Å²) in [6.07, 6.45) is 1.90. The molecule has 0 bridgehead atoms. The third-order valence-corrected chi connectivity index (χ3v) is 4.81. The minimum atomic E-state index is -0.181. The average Bonchev–Trinajstić information content (AvgIpc) is 2.45. The van der Waals surface area contributed by atoms with Crippen LogP contribution in [0.2, 0.25) is 10.0 Å². The highest BCUT2D eigenvalue weighted by molar-refractivity contribution is 6.36. The van der Waals surface area contributed by atoms with Crippen molar-refractivity contribution in [1.29, 1.82) is 0 Å². The fraction of sp³-hybridized carbons (Fsp3) is 0.294. The first kappa shape index (κ1) is 14.7. The molecule has 110 valence electrons. The van der Waals surface area contributed by atoms with E-state index in [1.54, 1.807) is 6.07 Å². The monoisotopic (exact) mass is 323 g/mol. The van der Waals surface area contributed by atoms with Gasteiger partial charge in [0, 0.05) is 33.9 Å². The maximum absolute atomic E-state index is 13.4. The molecule has 0 amide bonds. The maximum Gasteiger partial charge on any atom is 0.123 e. The van der Waals surface area contributed by atoms with Crippen molar-refractivity contribution in [3.63, 3.8) is 0 Å². The summed E-state index contributed by atoms with van der Waals surface area (Å²) in [5.41, 5.74) is 3.05. The van der Waals surface area contributed by atoms with Crippen molar-refractivity contribution < 1.29 is 4.39 Å².